The van der Waals surface area contributed by atoms with Gasteiger partial charge in [-0.2, -0.15) is 0 Å². The number of halogens is 1. The number of nitrogens with zero attached hydrogens (tertiary/aromatic N) is 2. The Kier molecular flexibility index (Phi) is 5.03. The van der Waals surface area contributed by atoms with E-state index in [-0.39, 0.29) is 18.3 Å². The molecule has 0 radical (unpaired) electrons. The zero-order chi connectivity index (χ0) is 20.2. The number of hydrogen-bond acceptors (Lipinski definition) is 4. The van der Waals surface area contributed by atoms with Gasteiger partial charge in [-0.15, -0.1) is 0 Å². The molecule has 3 N–H and O–H groups in total. The summed E-state index contributed by atoms with van der Waals surface area (Å²) in [6, 6.07) is 16.8. The molecule has 144 valence electrons. The molecule has 29 heavy (non-hydrogen) atoms. The Bertz CT molecular complexity index is 1200. The van der Waals surface area contributed by atoms with Crippen molar-refractivity contribution >= 4 is 22.5 Å². The van der Waals surface area contributed by atoms with Crippen LogP contribution < -0.4 is 15.8 Å². The summed E-state index contributed by atoms with van der Waals surface area (Å²) in [5.41, 5.74) is 7.64. The summed E-state index contributed by atoms with van der Waals surface area (Å²) in [4.78, 5) is 20.3. The number of aromatic nitrogens is 2. The molecule has 1 aromatic heterocycles. The number of carbonyl (C=O) groups is 1. The Morgan fingerprint density at radius 2 is 1.86 bits per heavy atom. The van der Waals surface area contributed by atoms with Crippen molar-refractivity contribution in [1.82, 2.24) is 9.97 Å². The number of primary amides is 1. The Labute approximate surface area is 166 Å². The third-order valence-corrected chi connectivity index (χ3v) is 4.36. The molecule has 0 atom stereocenters. The predicted octanol–water partition coefficient (Wildman–Crippen LogP) is 4.51. The number of anilines is 1. The minimum Gasteiger partial charge on any atom is -0.471 e. The second-order valence-electron chi connectivity index (χ2n) is 6.33. The molecule has 3 aromatic carbocycles. The highest BCUT2D eigenvalue weighted by Crippen LogP contribution is 2.37. The summed E-state index contributed by atoms with van der Waals surface area (Å²) in [7, 11) is 0. The molecule has 7 heteroatoms. The first kappa shape index (κ1) is 18.4. The number of carbonyl (C=O) groups excluding carboxylic acids is 1. The van der Waals surface area contributed by atoms with Crippen LogP contribution in [0.3, 0.4) is 0 Å². The number of hydrogen-bond donors (Lipinski definition) is 2. The van der Waals surface area contributed by atoms with Crippen molar-refractivity contribution in [2.45, 2.75) is 6.61 Å². The Hall–Kier alpha value is -4.00. The fourth-order valence-electron chi connectivity index (χ4n) is 3.12. The number of ether oxygens (including phenoxy) is 1. The number of nitrogens with one attached hydrogen (secondary N) is 1. The van der Waals surface area contributed by atoms with Gasteiger partial charge in [0, 0.05) is 23.3 Å². The van der Waals surface area contributed by atoms with Crippen LogP contribution in [0.15, 0.2) is 73.1 Å². The summed E-state index contributed by atoms with van der Waals surface area (Å²) < 4.78 is 19.2. The molecule has 0 unspecified atom stereocenters. The monoisotopic (exact) mass is 388 g/mol. The molecule has 0 aliphatic heterocycles. The SMILES string of the molecule is NC(=O)Nc1c(-c2nccnc2OCc2cccc(F)c2)ccc2ccccc12. The average Bonchev–Trinajstić information content (AvgIpc) is 2.73. The fourth-order valence-corrected chi connectivity index (χ4v) is 3.12. The number of nitrogens with two attached hydrogens (primary N) is 1. The molecule has 4 aromatic rings. The Balaban J connectivity index is 1.77. The van der Waals surface area contributed by atoms with Gasteiger partial charge in [-0.3, -0.25) is 0 Å². The second-order valence-corrected chi connectivity index (χ2v) is 6.33. The third kappa shape index (κ3) is 3.98. The van der Waals surface area contributed by atoms with E-state index in [1.165, 1.54) is 24.5 Å². The molecule has 0 saturated carbocycles. The predicted molar refractivity (Wildman–Crippen MR) is 109 cm³/mol. The van der Waals surface area contributed by atoms with Gasteiger partial charge >= 0.3 is 6.03 Å². The lowest BCUT2D eigenvalue weighted by Crippen LogP contribution is -2.20. The van der Waals surface area contributed by atoms with Crippen molar-refractivity contribution in [3.8, 4) is 17.1 Å². The number of rotatable bonds is 5. The van der Waals surface area contributed by atoms with Crippen LogP contribution in [-0.4, -0.2) is 16.0 Å². The van der Waals surface area contributed by atoms with Gasteiger partial charge in [0.2, 0.25) is 5.88 Å². The topological polar surface area (TPSA) is 90.1 Å². The normalized spacial score (nSPS) is 10.7. The first-order valence-corrected chi connectivity index (χ1v) is 8.88. The molecule has 0 saturated heterocycles. The van der Waals surface area contributed by atoms with Gasteiger partial charge in [-0.1, -0.05) is 42.5 Å². The van der Waals surface area contributed by atoms with Crippen LogP contribution in [0, 0.1) is 5.82 Å². The highest BCUT2D eigenvalue weighted by atomic mass is 19.1. The second kappa shape index (κ2) is 7.93. The Morgan fingerprint density at radius 3 is 2.69 bits per heavy atom. The average molecular weight is 388 g/mol. The number of benzene rings is 3. The van der Waals surface area contributed by atoms with Crippen LogP contribution in [0.25, 0.3) is 22.0 Å². The van der Waals surface area contributed by atoms with Crippen LogP contribution >= 0.6 is 0 Å². The maximum absolute atomic E-state index is 13.4. The zero-order valence-corrected chi connectivity index (χ0v) is 15.3. The number of amides is 2. The first-order valence-electron chi connectivity index (χ1n) is 8.88. The van der Waals surface area contributed by atoms with Crippen LogP contribution in [-0.2, 0) is 6.61 Å². The molecule has 4 rings (SSSR count). The summed E-state index contributed by atoms with van der Waals surface area (Å²) in [6.07, 6.45) is 3.04. The van der Waals surface area contributed by atoms with Gasteiger partial charge in [-0.05, 0) is 29.1 Å². The fraction of sp³-hybridized carbons (Fsp3) is 0.0455. The van der Waals surface area contributed by atoms with Crippen molar-refractivity contribution in [3.05, 3.63) is 84.4 Å². The van der Waals surface area contributed by atoms with Gasteiger partial charge in [0.05, 0.1) is 5.69 Å². The lowest BCUT2D eigenvalue weighted by Gasteiger charge is -2.15. The largest absolute Gasteiger partial charge is 0.471 e. The van der Waals surface area contributed by atoms with E-state index in [4.69, 9.17) is 10.5 Å². The van der Waals surface area contributed by atoms with Gasteiger partial charge in [-0.25, -0.2) is 19.2 Å². The highest BCUT2D eigenvalue weighted by Gasteiger charge is 2.17. The van der Waals surface area contributed by atoms with Crippen LogP contribution in [0.4, 0.5) is 14.9 Å². The summed E-state index contributed by atoms with van der Waals surface area (Å²) >= 11 is 0. The van der Waals surface area contributed by atoms with Gasteiger partial charge in [0.15, 0.2) is 0 Å². The van der Waals surface area contributed by atoms with Crippen LogP contribution in [0.1, 0.15) is 5.56 Å². The zero-order valence-electron chi connectivity index (χ0n) is 15.3. The maximum Gasteiger partial charge on any atom is 0.316 e. The molecular formula is C22H17FN4O2. The molecular weight excluding hydrogens is 371 g/mol. The lowest BCUT2D eigenvalue weighted by atomic mass is 10.0. The standard InChI is InChI=1S/C22H17FN4O2/c23-16-6-3-4-14(12-16)13-29-21-20(25-10-11-26-21)18-9-8-15-5-1-2-7-17(15)19(18)27-22(24)28/h1-12H,13H2,(H3,24,27,28). The maximum atomic E-state index is 13.4. The Morgan fingerprint density at radius 1 is 1.03 bits per heavy atom. The minimum atomic E-state index is -0.686. The summed E-state index contributed by atoms with van der Waals surface area (Å²) in [6.45, 7) is 0.121. The molecule has 0 aliphatic rings. The molecule has 0 spiro atoms. The first-order chi connectivity index (χ1) is 14.1. The van der Waals surface area contributed by atoms with Crippen molar-refractivity contribution in [3.63, 3.8) is 0 Å². The van der Waals surface area contributed by atoms with Crippen molar-refractivity contribution < 1.29 is 13.9 Å². The summed E-state index contributed by atoms with van der Waals surface area (Å²) in [5, 5.41) is 4.44. The van der Waals surface area contributed by atoms with Gasteiger partial charge < -0.3 is 15.8 Å². The highest BCUT2D eigenvalue weighted by molar-refractivity contribution is 6.07. The van der Waals surface area contributed by atoms with E-state index in [1.54, 1.807) is 12.1 Å². The van der Waals surface area contributed by atoms with E-state index < -0.39 is 6.03 Å². The summed E-state index contributed by atoms with van der Waals surface area (Å²) in [5.74, 6) is -0.0764. The van der Waals surface area contributed by atoms with E-state index in [1.807, 2.05) is 36.4 Å². The van der Waals surface area contributed by atoms with E-state index in [0.29, 0.717) is 22.5 Å². The molecule has 2 amide bonds. The molecule has 1 heterocycles. The van der Waals surface area contributed by atoms with E-state index >= 15 is 0 Å². The minimum absolute atomic E-state index is 0.121. The van der Waals surface area contributed by atoms with E-state index in [0.717, 1.165) is 10.8 Å². The lowest BCUT2D eigenvalue weighted by molar-refractivity contribution is 0.259. The molecule has 6 nitrogen and oxygen atoms in total. The molecule has 0 aliphatic carbocycles. The van der Waals surface area contributed by atoms with Crippen LogP contribution in [0.2, 0.25) is 0 Å². The quantitative estimate of drug-likeness (QED) is 0.526. The van der Waals surface area contributed by atoms with Gasteiger partial charge in [0.1, 0.15) is 18.1 Å². The third-order valence-electron chi connectivity index (χ3n) is 4.36. The van der Waals surface area contributed by atoms with Gasteiger partial charge in [0.25, 0.3) is 0 Å². The number of urea groups is 1. The smallest absolute Gasteiger partial charge is 0.316 e. The van der Waals surface area contributed by atoms with E-state index in [9.17, 15) is 9.18 Å². The van der Waals surface area contributed by atoms with Crippen LogP contribution in [0.5, 0.6) is 5.88 Å². The molecule has 0 bridgehead atoms. The van der Waals surface area contributed by atoms with Crippen molar-refractivity contribution in [2.24, 2.45) is 5.73 Å². The number of fused-ring (bicyclic) bond motifs is 1. The van der Waals surface area contributed by atoms with Crippen molar-refractivity contribution in [2.75, 3.05) is 5.32 Å². The van der Waals surface area contributed by atoms with E-state index in [2.05, 4.69) is 15.3 Å². The molecule has 0 fully saturated rings. The van der Waals surface area contributed by atoms with Crippen molar-refractivity contribution in [1.29, 1.82) is 0 Å².